The molecular formula is C15H9ClO2. The van der Waals surface area contributed by atoms with E-state index in [-0.39, 0.29) is 10.6 Å². The van der Waals surface area contributed by atoms with Crippen molar-refractivity contribution < 1.29 is 9.90 Å². The van der Waals surface area contributed by atoms with Crippen LogP contribution in [0.15, 0.2) is 48.5 Å². The number of carboxylic acids is 1. The molecule has 3 rings (SSSR count). The van der Waals surface area contributed by atoms with Gasteiger partial charge in [0.15, 0.2) is 0 Å². The Hall–Kier alpha value is -2.06. The molecule has 88 valence electrons. The van der Waals surface area contributed by atoms with E-state index in [4.69, 9.17) is 11.6 Å². The van der Waals surface area contributed by atoms with Gasteiger partial charge in [-0.2, -0.15) is 0 Å². The Bertz CT molecular complexity index is 778. The smallest absolute Gasteiger partial charge is 0.337 e. The highest BCUT2D eigenvalue weighted by Gasteiger charge is 2.15. The van der Waals surface area contributed by atoms with Crippen LogP contribution in [0.5, 0.6) is 0 Å². The van der Waals surface area contributed by atoms with Gasteiger partial charge in [0.1, 0.15) is 0 Å². The van der Waals surface area contributed by atoms with Gasteiger partial charge in [-0.3, -0.25) is 0 Å². The molecule has 0 unspecified atom stereocenters. The summed E-state index contributed by atoms with van der Waals surface area (Å²) in [4.78, 5) is 11.4. The minimum Gasteiger partial charge on any atom is -0.478 e. The van der Waals surface area contributed by atoms with Crippen molar-refractivity contribution >= 4 is 39.1 Å². The first-order valence-corrected chi connectivity index (χ1v) is 5.89. The molecule has 0 amide bonds. The van der Waals surface area contributed by atoms with Gasteiger partial charge in [0.05, 0.1) is 10.6 Å². The van der Waals surface area contributed by atoms with Gasteiger partial charge >= 0.3 is 5.97 Å². The van der Waals surface area contributed by atoms with Crippen molar-refractivity contribution in [1.82, 2.24) is 0 Å². The highest BCUT2D eigenvalue weighted by molar-refractivity contribution is 6.36. The number of rotatable bonds is 1. The van der Waals surface area contributed by atoms with Gasteiger partial charge in [0.2, 0.25) is 0 Å². The number of aromatic carboxylic acids is 1. The molecule has 0 heterocycles. The van der Waals surface area contributed by atoms with Crippen molar-refractivity contribution in [3.8, 4) is 0 Å². The van der Waals surface area contributed by atoms with Crippen LogP contribution in [0.25, 0.3) is 21.5 Å². The van der Waals surface area contributed by atoms with Crippen molar-refractivity contribution in [2.75, 3.05) is 0 Å². The van der Waals surface area contributed by atoms with E-state index in [1.165, 1.54) is 0 Å². The fraction of sp³-hybridized carbons (Fsp3) is 0. The van der Waals surface area contributed by atoms with Crippen molar-refractivity contribution in [3.63, 3.8) is 0 Å². The maximum Gasteiger partial charge on any atom is 0.337 e. The summed E-state index contributed by atoms with van der Waals surface area (Å²) in [7, 11) is 0. The van der Waals surface area contributed by atoms with Crippen LogP contribution in [0.1, 0.15) is 10.4 Å². The molecule has 0 bridgehead atoms. The second-order valence-electron chi connectivity index (χ2n) is 4.11. The van der Waals surface area contributed by atoms with E-state index in [2.05, 4.69) is 0 Å². The summed E-state index contributed by atoms with van der Waals surface area (Å²) < 4.78 is 0. The van der Waals surface area contributed by atoms with E-state index in [0.717, 1.165) is 16.2 Å². The van der Waals surface area contributed by atoms with Gasteiger partial charge in [-0.15, -0.1) is 0 Å². The van der Waals surface area contributed by atoms with Gasteiger partial charge in [-0.05, 0) is 22.2 Å². The second kappa shape index (κ2) is 4.00. The predicted octanol–water partition coefficient (Wildman–Crippen LogP) is 4.34. The summed E-state index contributed by atoms with van der Waals surface area (Å²) in [5, 5.41) is 13.1. The van der Waals surface area contributed by atoms with Crippen LogP contribution in [-0.2, 0) is 0 Å². The third kappa shape index (κ3) is 1.54. The van der Waals surface area contributed by atoms with E-state index >= 15 is 0 Å². The number of carboxylic acid groups (broad SMARTS) is 1. The lowest BCUT2D eigenvalue weighted by Crippen LogP contribution is -1.99. The Morgan fingerprint density at radius 1 is 0.944 bits per heavy atom. The lowest BCUT2D eigenvalue weighted by Gasteiger charge is -2.08. The van der Waals surface area contributed by atoms with Gasteiger partial charge in [0, 0.05) is 5.39 Å². The van der Waals surface area contributed by atoms with Crippen molar-refractivity contribution in [3.05, 3.63) is 59.1 Å². The molecule has 0 saturated carbocycles. The summed E-state index contributed by atoms with van der Waals surface area (Å²) in [5.41, 5.74) is 0.172. The Kier molecular flexibility index (Phi) is 2.46. The quantitative estimate of drug-likeness (QED) is 0.658. The number of carbonyl (C=O) groups is 1. The van der Waals surface area contributed by atoms with Crippen LogP contribution in [-0.4, -0.2) is 11.1 Å². The Morgan fingerprint density at radius 3 is 2.39 bits per heavy atom. The lowest BCUT2D eigenvalue weighted by molar-refractivity contribution is 0.0699. The maximum absolute atomic E-state index is 11.4. The van der Waals surface area contributed by atoms with Crippen molar-refractivity contribution in [2.24, 2.45) is 0 Å². The molecule has 2 nitrogen and oxygen atoms in total. The van der Waals surface area contributed by atoms with Crippen LogP contribution < -0.4 is 0 Å². The van der Waals surface area contributed by atoms with E-state index in [9.17, 15) is 9.90 Å². The molecule has 0 aromatic heterocycles. The normalized spacial score (nSPS) is 10.9. The van der Waals surface area contributed by atoms with Crippen LogP contribution in [0.3, 0.4) is 0 Å². The molecule has 3 heteroatoms. The fourth-order valence-electron chi connectivity index (χ4n) is 2.28. The molecule has 18 heavy (non-hydrogen) atoms. The van der Waals surface area contributed by atoms with Crippen molar-refractivity contribution in [2.45, 2.75) is 0 Å². The molecule has 0 aliphatic carbocycles. The standard InChI is InChI=1S/C15H9ClO2/c16-12-8-7-10-6-5-9-3-1-2-4-11(9)13(10)14(12)15(17)18/h1-8H,(H,17,18). The predicted molar refractivity (Wildman–Crippen MR) is 73.4 cm³/mol. The fourth-order valence-corrected chi connectivity index (χ4v) is 2.52. The molecule has 0 fully saturated rings. The number of fused-ring (bicyclic) bond motifs is 3. The minimum absolute atomic E-state index is 0.172. The minimum atomic E-state index is -0.998. The summed E-state index contributed by atoms with van der Waals surface area (Å²) in [6, 6.07) is 15.1. The zero-order valence-corrected chi connectivity index (χ0v) is 10.1. The van der Waals surface area contributed by atoms with Crippen LogP contribution >= 0.6 is 11.6 Å². The molecular weight excluding hydrogens is 248 g/mol. The first-order valence-electron chi connectivity index (χ1n) is 5.52. The largest absolute Gasteiger partial charge is 0.478 e. The van der Waals surface area contributed by atoms with E-state index in [1.54, 1.807) is 6.07 Å². The lowest BCUT2D eigenvalue weighted by atomic mass is 9.98. The maximum atomic E-state index is 11.4. The van der Waals surface area contributed by atoms with Crippen molar-refractivity contribution in [1.29, 1.82) is 0 Å². The molecule has 0 atom stereocenters. The SMILES string of the molecule is O=C(O)c1c(Cl)ccc2ccc3ccccc3c12. The molecule has 0 saturated heterocycles. The van der Waals surface area contributed by atoms with Crippen LogP contribution in [0, 0.1) is 0 Å². The summed E-state index contributed by atoms with van der Waals surface area (Å²) >= 11 is 6.02. The molecule has 0 aliphatic heterocycles. The zero-order chi connectivity index (χ0) is 12.7. The van der Waals surface area contributed by atoms with E-state index in [0.29, 0.717) is 5.39 Å². The molecule has 3 aromatic carbocycles. The molecule has 0 spiro atoms. The molecule has 1 N–H and O–H groups in total. The number of benzene rings is 3. The molecule has 0 aliphatic rings. The Labute approximate surface area is 108 Å². The molecule has 0 radical (unpaired) electrons. The van der Waals surface area contributed by atoms with Crippen LogP contribution in [0.4, 0.5) is 0 Å². The average Bonchev–Trinajstić information content (AvgIpc) is 2.38. The Morgan fingerprint density at radius 2 is 1.61 bits per heavy atom. The van der Waals surface area contributed by atoms with Gasteiger partial charge in [-0.1, -0.05) is 54.1 Å². The Balaban J connectivity index is 2.62. The summed E-state index contributed by atoms with van der Waals surface area (Å²) in [5.74, 6) is -0.998. The van der Waals surface area contributed by atoms with E-state index in [1.807, 2.05) is 42.5 Å². The number of hydrogen-bond acceptors (Lipinski definition) is 1. The zero-order valence-electron chi connectivity index (χ0n) is 9.35. The molecule has 3 aromatic rings. The van der Waals surface area contributed by atoms with Gasteiger partial charge in [-0.25, -0.2) is 4.79 Å². The third-order valence-electron chi connectivity index (χ3n) is 3.07. The van der Waals surface area contributed by atoms with Gasteiger partial charge < -0.3 is 5.11 Å². The third-order valence-corrected chi connectivity index (χ3v) is 3.39. The number of halogens is 1. The van der Waals surface area contributed by atoms with Gasteiger partial charge in [0.25, 0.3) is 0 Å². The first kappa shape index (κ1) is 11.1. The highest BCUT2D eigenvalue weighted by atomic mass is 35.5. The summed E-state index contributed by atoms with van der Waals surface area (Å²) in [6.07, 6.45) is 0. The number of hydrogen-bond donors (Lipinski definition) is 1. The highest BCUT2D eigenvalue weighted by Crippen LogP contribution is 2.32. The average molecular weight is 257 g/mol. The summed E-state index contributed by atoms with van der Waals surface area (Å²) in [6.45, 7) is 0. The monoisotopic (exact) mass is 256 g/mol. The topological polar surface area (TPSA) is 37.3 Å². The van der Waals surface area contributed by atoms with E-state index < -0.39 is 5.97 Å². The first-order chi connectivity index (χ1) is 8.68. The second-order valence-corrected chi connectivity index (χ2v) is 4.52. The van der Waals surface area contributed by atoms with Crippen LogP contribution in [0.2, 0.25) is 5.02 Å².